The number of benzene rings is 1. The summed E-state index contributed by atoms with van der Waals surface area (Å²) in [7, 11) is 0. The second-order valence-corrected chi connectivity index (χ2v) is 3.69. The van der Waals surface area contributed by atoms with E-state index in [1.54, 1.807) is 0 Å². The molecule has 1 amide bonds. The number of carbonyl (C=O) groups is 1. The molecule has 0 atom stereocenters. The lowest BCUT2D eigenvalue weighted by molar-refractivity contribution is -0.116. The van der Waals surface area contributed by atoms with Crippen LogP contribution in [0.2, 0.25) is 0 Å². The van der Waals surface area contributed by atoms with E-state index >= 15 is 0 Å². The van der Waals surface area contributed by atoms with Crippen molar-refractivity contribution in [3.05, 3.63) is 29.3 Å². The largest absolute Gasteiger partial charge is 0.330 e. The van der Waals surface area contributed by atoms with Crippen molar-refractivity contribution in [1.29, 1.82) is 0 Å². The topological polar surface area (TPSA) is 55.1 Å². The summed E-state index contributed by atoms with van der Waals surface area (Å²) in [5, 5.41) is 2.89. The van der Waals surface area contributed by atoms with Crippen molar-refractivity contribution in [2.75, 3.05) is 11.9 Å². The van der Waals surface area contributed by atoms with E-state index in [-0.39, 0.29) is 18.3 Å². The molecule has 0 unspecified atom stereocenters. The van der Waals surface area contributed by atoms with Gasteiger partial charge in [0.2, 0.25) is 5.91 Å². The molecule has 0 aliphatic heterocycles. The Morgan fingerprint density at radius 1 is 1.38 bits per heavy atom. The summed E-state index contributed by atoms with van der Waals surface area (Å²) < 4.78 is 0. The number of hydrogen-bond acceptors (Lipinski definition) is 2. The summed E-state index contributed by atoms with van der Waals surface area (Å²) in [4.78, 5) is 11.5. The number of aryl methyl sites for hydroxylation is 1. The first-order valence-electron chi connectivity index (χ1n) is 5.21. The third kappa shape index (κ3) is 4.21. The molecule has 0 radical (unpaired) electrons. The lowest BCUT2D eigenvalue weighted by atomic mass is 10.1. The van der Waals surface area contributed by atoms with Gasteiger partial charge in [-0.2, -0.15) is 0 Å². The Bertz CT molecular complexity index is 353. The van der Waals surface area contributed by atoms with Crippen LogP contribution in [0.4, 0.5) is 5.69 Å². The van der Waals surface area contributed by atoms with Gasteiger partial charge in [-0.3, -0.25) is 4.79 Å². The van der Waals surface area contributed by atoms with Gasteiger partial charge in [0.1, 0.15) is 0 Å². The summed E-state index contributed by atoms with van der Waals surface area (Å²) >= 11 is 0. The van der Waals surface area contributed by atoms with Gasteiger partial charge in [0.05, 0.1) is 0 Å². The molecule has 1 rings (SSSR count). The number of amides is 1. The molecule has 1 aromatic rings. The molecule has 0 heterocycles. The van der Waals surface area contributed by atoms with Crippen LogP contribution in [0.5, 0.6) is 0 Å². The highest BCUT2D eigenvalue weighted by atomic mass is 35.5. The fourth-order valence-electron chi connectivity index (χ4n) is 1.36. The number of halogens is 1. The van der Waals surface area contributed by atoms with E-state index in [0.29, 0.717) is 13.0 Å². The smallest absolute Gasteiger partial charge is 0.224 e. The average Bonchev–Trinajstić information content (AvgIpc) is 2.22. The van der Waals surface area contributed by atoms with Crippen molar-refractivity contribution in [3.8, 4) is 0 Å². The van der Waals surface area contributed by atoms with Gasteiger partial charge in [0, 0.05) is 12.1 Å². The fourth-order valence-corrected chi connectivity index (χ4v) is 1.36. The molecule has 0 aliphatic rings. The Morgan fingerprint density at radius 2 is 2.06 bits per heavy atom. The standard InChI is InChI=1S/C12H18N2O.ClH/c1-9-5-3-6-11(10(9)2)14-12(15)7-4-8-13;/h3,5-6H,4,7-8,13H2,1-2H3,(H,14,15);1H. The van der Waals surface area contributed by atoms with Crippen LogP contribution in [-0.4, -0.2) is 12.5 Å². The Labute approximate surface area is 103 Å². The zero-order valence-corrected chi connectivity index (χ0v) is 10.6. The first kappa shape index (κ1) is 14.9. The first-order valence-corrected chi connectivity index (χ1v) is 5.21. The van der Waals surface area contributed by atoms with Gasteiger partial charge >= 0.3 is 0 Å². The van der Waals surface area contributed by atoms with Gasteiger partial charge in [0.25, 0.3) is 0 Å². The molecular formula is C12H19ClN2O. The molecule has 1 aromatic carbocycles. The lowest BCUT2D eigenvalue weighted by Crippen LogP contribution is -2.14. The third-order valence-electron chi connectivity index (χ3n) is 2.49. The Balaban J connectivity index is 0.00000225. The average molecular weight is 243 g/mol. The molecule has 4 heteroatoms. The van der Waals surface area contributed by atoms with Crippen LogP contribution in [0.25, 0.3) is 0 Å². The maximum atomic E-state index is 11.5. The Hall–Kier alpha value is -1.06. The molecule has 3 nitrogen and oxygen atoms in total. The second kappa shape index (κ2) is 7.25. The van der Waals surface area contributed by atoms with Gasteiger partial charge in [-0.25, -0.2) is 0 Å². The molecule has 0 saturated carbocycles. The van der Waals surface area contributed by atoms with Crippen molar-refractivity contribution in [2.24, 2.45) is 5.73 Å². The molecule has 0 spiro atoms. The number of anilines is 1. The van der Waals surface area contributed by atoms with E-state index < -0.39 is 0 Å². The van der Waals surface area contributed by atoms with Crippen LogP contribution >= 0.6 is 12.4 Å². The van der Waals surface area contributed by atoms with Gasteiger partial charge in [-0.1, -0.05) is 12.1 Å². The van der Waals surface area contributed by atoms with E-state index in [9.17, 15) is 4.79 Å². The lowest BCUT2D eigenvalue weighted by Gasteiger charge is -2.09. The molecule has 0 bridgehead atoms. The van der Waals surface area contributed by atoms with Crippen LogP contribution in [0.15, 0.2) is 18.2 Å². The second-order valence-electron chi connectivity index (χ2n) is 3.69. The molecule has 0 aromatic heterocycles. The molecular weight excluding hydrogens is 224 g/mol. The summed E-state index contributed by atoms with van der Waals surface area (Å²) in [5.74, 6) is 0.0363. The molecule has 16 heavy (non-hydrogen) atoms. The highest BCUT2D eigenvalue weighted by Crippen LogP contribution is 2.18. The quantitative estimate of drug-likeness (QED) is 0.852. The van der Waals surface area contributed by atoms with Crippen molar-refractivity contribution in [3.63, 3.8) is 0 Å². The summed E-state index contributed by atoms with van der Waals surface area (Å²) in [6.45, 7) is 4.60. The minimum Gasteiger partial charge on any atom is -0.330 e. The number of carbonyl (C=O) groups excluding carboxylic acids is 1. The molecule has 0 fully saturated rings. The van der Waals surface area contributed by atoms with E-state index in [0.717, 1.165) is 17.7 Å². The molecule has 90 valence electrons. The minimum absolute atomic E-state index is 0. The summed E-state index contributed by atoms with van der Waals surface area (Å²) in [6, 6.07) is 5.90. The summed E-state index contributed by atoms with van der Waals surface area (Å²) in [5.41, 5.74) is 8.55. The van der Waals surface area contributed by atoms with Crippen LogP contribution in [0.3, 0.4) is 0 Å². The zero-order valence-electron chi connectivity index (χ0n) is 9.75. The van der Waals surface area contributed by atoms with Gasteiger partial charge in [0.15, 0.2) is 0 Å². The van der Waals surface area contributed by atoms with E-state index in [4.69, 9.17) is 5.73 Å². The predicted octanol–water partition coefficient (Wildman–Crippen LogP) is 2.40. The van der Waals surface area contributed by atoms with E-state index in [1.165, 1.54) is 5.56 Å². The molecule has 3 N–H and O–H groups in total. The molecule has 0 aliphatic carbocycles. The van der Waals surface area contributed by atoms with Crippen molar-refractivity contribution in [2.45, 2.75) is 26.7 Å². The number of rotatable bonds is 4. The number of hydrogen-bond donors (Lipinski definition) is 2. The van der Waals surface area contributed by atoms with Crippen molar-refractivity contribution < 1.29 is 4.79 Å². The Morgan fingerprint density at radius 3 is 2.69 bits per heavy atom. The van der Waals surface area contributed by atoms with Crippen LogP contribution in [0.1, 0.15) is 24.0 Å². The van der Waals surface area contributed by atoms with E-state index in [1.807, 2.05) is 32.0 Å². The number of nitrogens with one attached hydrogen (secondary N) is 1. The van der Waals surface area contributed by atoms with Crippen LogP contribution in [-0.2, 0) is 4.79 Å². The highest BCUT2D eigenvalue weighted by molar-refractivity contribution is 5.91. The van der Waals surface area contributed by atoms with Gasteiger partial charge < -0.3 is 11.1 Å². The van der Waals surface area contributed by atoms with Crippen molar-refractivity contribution in [1.82, 2.24) is 0 Å². The Kier molecular flexibility index (Phi) is 6.77. The third-order valence-corrected chi connectivity index (χ3v) is 2.49. The SMILES string of the molecule is Cc1cccc(NC(=O)CCCN)c1C.Cl. The normalized spacial score (nSPS) is 9.44. The maximum Gasteiger partial charge on any atom is 0.224 e. The van der Waals surface area contributed by atoms with Gasteiger partial charge in [-0.05, 0) is 44.0 Å². The van der Waals surface area contributed by atoms with E-state index in [2.05, 4.69) is 5.32 Å². The van der Waals surface area contributed by atoms with Crippen LogP contribution in [0, 0.1) is 13.8 Å². The first-order chi connectivity index (χ1) is 7.15. The number of nitrogens with two attached hydrogens (primary N) is 1. The van der Waals surface area contributed by atoms with Gasteiger partial charge in [-0.15, -0.1) is 12.4 Å². The fraction of sp³-hybridized carbons (Fsp3) is 0.417. The predicted molar refractivity (Wildman–Crippen MR) is 70.1 cm³/mol. The monoisotopic (exact) mass is 242 g/mol. The van der Waals surface area contributed by atoms with Crippen molar-refractivity contribution >= 4 is 24.0 Å². The highest BCUT2D eigenvalue weighted by Gasteiger charge is 2.04. The minimum atomic E-state index is 0. The van der Waals surface area contributed by atoms with Crippen LogP contribution < -0.4 is 11.1 Å². The zero-order chi connectivity index (χ0) is 11.3. The molecule has 0 saturated heterocycles. The maximum absolute atomic E-state index is 11.5. The summed E-state index contributed by atoms with van der Waals surface area (Å²) in [6.07, 6.45) is 1.22.